The Kier molecular flexibility index (Phi) is 3.72. The van der Waals surface area contributed by atoms with Gasteiger partial charge in [0.25, 0.3) is 0 Å². The van der Waals surface area contributed by atoms with Crippen molar-refractivity contribution in [2.24, 2.45) is 5.92 Å². The van der Waals surface area contributed by atoms with E-state index in [0.717, 1.165) is 12.8 Å². The third-order valence-corrected chi connectivity index (χ3v) is 4.64. The molecule has 1 aromatic heterocycles. The number of rotatable bonds is 3. The van der Waals surface area contributed by atoms with E-state index in [1.54, 1.807) is 12.1 Å². The van der Waals surface area contributed by atoms with Gasteiger partial charge in [-0.05, 0) is 30.9 Å². The number of nitrogens with zero attached hydrogens (tertiary/aromatic N) is 2. The molecule has 2 heterocycles. The summed E-state index contributed by atoms with van der Waals surface area (Å²) in [5.41, 5.74) is 6.00. The molecule has 0 spiro atoms. The van der Waals surface area contributed by atoms with E-state index in [2.05, 4.69) is 16.6 Å². The van der Waals surface area contributed by atoms with Crippen molar-refractivity contribution in [1.82, 2.24) is 9.29 Å². The average molecular weight is 270 g/mol. The van der Waals surface area contributed by atoms with Gasteiger partial charge in [0.15, 0.2) is 5.82 Å². The van der Waals surface area contributed by atoms with Crippen molar-refractivity contribution >= 4 is 21.7 Å². The van der Waals surface area contributed by atoms with E-state index in [1.165, 1.54) is 10.5 Å². The summed E-state index contributed by atoms with van der Waals surface area (Å²) in [4.78, 5) is 3.93. The lowest BCUT2D eigenvalue weighted by atomic mass is 10.0. The van der Waals surface area contributed by atoms with Crippen LogP contribution >= 0.6 is 0 Å². The van der Waals surface area contributed by atoms with Gasteiger partial charge in [-0.1, -0.05) is 6.92 Å². The highest BCUT2D eigenvalue weighted by atomic mass is 32.2. The summed E-state index contributed by atoms with van der Waals surface area (Å²) in [7, 11) is -3.54. The number of nitrogens with one attached hydrogen (secondary N) is 1. The van der Waals surface area contributed by atoms with Gasteiger partial charge >= 0.3 is 10.2 Å². The molecule has 0 unspecified atom stereocenters. The van der Waals surface area contributed by atoms with Crippen LogP contribution in [0.5, 0.6) is 0 Å². The molecule has 100 valence electrons. The van der Waals surface area contributed by atoms with E-state index in [1.807, 2.05) is 0 Å². The van der Waals surface area contributed by atoms with Gasteiger partial charge in [-0.15, -0.1) is 0 Å². The fourth-order valence-electron chi connectivity index (χ4n) is 1.91. The Bertz CT molecular complexity index is 510. The SMILES string of the molecule is CC1CCN(S(=O)(=O)Nc2ncccc2N)CC1. The highest BCUT2D eigenvalue weighted by Crippen LogP contribution is 2.21. The van der Waals surface area contributed by atoms with Crippen LogP contribution in [0, 0.1) is 5.92 Å². The quantitative estimate of drug-likeness (QED) is 0.859. The first kappa shape index (κ1) is 13.1. The maximum atomic E-state index is 12.1. The summed E-state index contributed by atoms with van der Waals surface area (Å²) < 4.78 is 28.1. The van der Waals surface area contributed by atoms with Crippen molar-refractivity contribution in [1.29, 1.82) is 0 Å². The normalized spacial score (nSPS) is 18.7. The van der Waals surface area contributed by atoms with Gasteiger partial charge in [-0.25, -0.2) is 4.98 Å². The summed E-state index contributed by atoms with van der Waals surface area (Å²) in [5, 5.41) is 0. The molecule has 0 aromatic carbocycles. The van der Waals surface area contributed by atoms with Crippen LogP contribution in [0.2, 0.25) is 0 Å². The highest BCUT2D eigenvalue weighted by Gasteiger charge is 2.26. The fourth-order valence-corrected chi connectivity index (χ4v) is 3.15. The number of nitrogen functional groups attached to an aromatic ring is 1. The van der Waals surface area contributed by atoms with Crippen molar-refractivity contribution in [2.45, 2.75) is 19.8 Å². The smallest absolute Gasteiger partial charge is 0.302 e. The number of pyridine rings is 1. The number of hydrogen-bond acceptors (Lipinski definition) is 4. The average Bonchev–Trinajstić information content (AvgIpc) is 2.32. The van der Waals surface area contributed by atoms with Crippen LogP contribution in [-0.4, -0.2) is 30.8 Å². The third kappa shape index (κ3) is 2.91. The zero-order valence-corrected chi connectivity index (χ0v) is 11.2. The number of anilines is 2. The Morgan fingerprint density at radius 2 is 2.11 bits per heavy atom. The first-order chi connectivity index (χ1) is 8.49. The number of piperidine rings is 1. The van der Waals surface area contributed by atoms with Crippen molar-refractivity contribution in [3.05, 3.63) is 18.3 Å². The predicted octanol–water partition coefficient (Wildman–Crippen LogP) is 1.05. The second kappa shape index (κ2) is 5.11. The maximum absolute atomic E-state index is 12.1. The van der Waals surface area contributed by atoms with E-state index >= 15 is 0 Å². The summed E-state index contributed by atoms with van der Waals surface area (Å²) in [5.74, 6) is 0.771. The Balaban J connectivity index is 2.10. The summed E-state index contributed by atoms with van der Waals surface area (Å²) >= 11 is 0. The van der Waals surface area contributed by atoms with Crippen molar-refractivity contribution in [3.63, 3.8) is 0 Å². The molecule has 0 aliphatic carbocycles. The van der Waals surface area contributed by atoms with Crippen molar-refractivity contribution in [2.75, 3.05) is 23.5 Å². The standard InChI is InChI=1S/C11H18N4O2S/c1-9-4-7-15(8-5-9)18(16,17)14-11-10(12)3-2-6-13-11/h2-3,6,9H,4-5,7-8,12H2,1H3,(H,13,14). The highest BCUT2D eigenvalue weighted by molar-refractivity contribution is 7.90. The summed E-state index contributed by atoms with van der Waals surface area (Å²) in [6.07, 6.45) is 3.28. The molecule has 0 saturated carbocycles. The first-order valence-corrected chi connectivity index (χ1v) is 7.41. The summed E-state index contributed by atoms with van der Waals surface area (Å²) in [6.45, 7) is 3.22. The molecule has 0 radical (unpaired) electrons. The Morgan fingerprint density at radius 1 is 1.44 bits per heavy atom. The number of nitrogens with two attached hydrogens (primary N) is 1. The van der Waals surface area contributed by atoms with Gasteiger partial charge in [-0.3, -0.25) is 4.72 Å². The molecular weight excluding hydrogens is 252 g/mol. The van der Waals surface area contributed by atoms with Crippen LogP contribution in [0.15, 0.2) is 18.3 Å². The van der Waals surface area contributed by atoms with Gasteiger partial charge in [0, 0.05) is 19.3 Å². The van der Waals surface area contributed by atoms with Gasteiger partial charge in [0.05, 0.1) is 5.69 Å². The largest absolute Gasteiger partial charge is 0.396 e. The lowest BCUT2D eigenvalue weighted by Gasteiger charge is -2.29. The topological polar surface area (TPSA) is 88.3 Å². The molecule has 2 rings (SSSR count). The third-order valence-electron chi connectivity index (χ3n) is 3.15. The van der Waals surface area contributed by atoms with Crippen LogP contribution < -0.4 is 10.5 Å². The molecule has 0 amide bonds. The second-order valence-electron chi connectivity index (χ2n) is 4.63. The van der Waals surface area contributed by atoms with E-state index in [0.29, 0.717) is 24.7 Å². The zero-order chi connectivity index (χ0) is 13.2. The first-order valence-electron chi connectivity index (χ1n) is 5.97. The predicted molar refractivity (Wildman–Crippen MR) is 71.2 cm³/mol. The Hall–Kier alpha value is -1.34. The van der Waals surface area contributed by atoms with Crippen LogP contribution in [0.3, 0.4) is 0 Å². The monoisotopic (exact) mass is 270 g/mol. The van der Waals surface area contributed by atoms with E-state index in [4.69, 9.17) is 5.73 Å². The second-order valence-corrected chi connectivity index (χ2v) is 6.30. The fraction of sp³-hybridized carbons (Fsp3) is 0.545. The lowest BCUT2D eigenvalue weighted by molar-refractivity contribution is 0.289. The molecule has 0 bridgehead atoms. The molecular formula is C11H18N4O2S. The van der Waals surface area contributed by atoms with Crippen LogP contribution in [-0.2, 0) is 10.2 Å². The van der Waals surface area contributed by atoms with Gasteiger partial charge in [0.2, 0.25) is 0 Å². The summed E-state index contributed by atoms with van der Waals surface area (Å²) in [6, 6.07) is 3.28. The van der Waals surface area contributed by atoms with Gasteiger partial charge in [0.1, 0.15) is 0 Å². The number of hydrogen-bond donors (Lipinski definition) is 2. The molecule has 1 fully saturated rings. The van der Waals surface area contributed by atoms with E-state index in [-0.39, 0.29) is 5.82 Å². The van der Waals surface area contributed by atoms with Crippen molar-refractivity contribution < 1.29 is 8.42 Å². The molecule has 1 aromatic rings. The molecule has 6 nitrogen and oxygen atoms in total. The van der Waals surface area contributed by atoms with Gasteiger partial charge < -0.3 is 5.73 Å². The molecule has 1 saturated heterocycles. The Morgan fingerprint density at radius 3 is 2.72 bits per heavy atom. The van der Waals surface area contributed by atoms with E-state index in [9.17, 15) is 8.42 Å². The minimum atomic E-state index is -3.54. The van der Waals surface area contributed by atoms with Crippen LogP contribution in [0.4, 0.5) is 11.5 Å². The maximum Gasteiger partial charge on any atom is 0.302 e. The van der Waals surface area contributed by atoms with Gasteiger partial charge in [-0.2, -0.15) is 12.7 Å². The minimum absolute atomic E-state index is 0.191. The Labute approximate surface area is 107 Å². The molecule has 3 N–H and O–H groups in total. The van der Waals surface area contributed by atoms with Crippen LogP contribution in [0.25, 0.3) is 0 Å². The lowest BCUT2D eigenvalue weighted by Crippen LogP contribution is -2.41. The van der Waals surface area contributed by atoms with Crippen molar-refractivity contribution in [3.8, 4) is 0 Å². The molecule has 7 heteroatoms. The zero-order valence-electron chi connectivity index (χ0n) is 10.3. The molecule has 1 aliphatic rings. The molecule has 0 atom stereocenters. The minimum Gasteiger partial charge on any atom is -0.396 e. The molecule has 1 aliphatic heterocycles. The van der Waals surface area contributed by atoms with E-state index < -0.39 is 10.2 Å². The van der Waals surface area contributed by atoms with Crippen LogP contribution in [0.1, 0.15) is 19.8 Å². The molecule has 18 heavy (non-hydrogen) atoms. The number of aromatic nitrogens is 1.